The summed E-state index contributed by atoms with van der Waals surface area (Å²) in [5.41, 5.74) is 24.4. The van der Waals surface area contributed by atoms with E-state index in [1.807, 2.05) is 0 Å². The zero-order valence-electron chi connectivity index (χ0n) is 34.2. The first-order chi connectivity index (χ1) is 28.1. The SMILES string of the molecule is CC1(C)c2ccccc2-c2ccc(-c3ccccc3N(c3ccc4c(c3)C(C)(C)c3ccccc3-4)c3ccccc3-c3cccc4c3-c3ccccc3C4(C)C)cc21. The smallest absolute Gasteiger partial charge is 0.0540 e. The number of para-hydroxylation sites is 2. The predicted octanol–water partition coefficient (Wildman–Crippen LogP) is 15.4. The van der Waals surface area contributed by atoms with E-state index in [9.17, 15) is 0 Å². The highest BCUT2D eigenvalue weighted by atomic mass is 15.1. The summed E-state index contributed by atoms with van der Waals surface area (Å²) in [6.07, 6.45) is 0. The van der Waals surface area contributed by atoms with Gasteiger partial charge in [0.1, 0.15) is 0 Å². The van der Waals surface area contributed by atoms with Gasteiger partial charge in [0.25, 0.3) is 0 Å². The van der Waals surface area contributed by atoms with Crippen molar-refractivity contribution < 1.29 is 0 Å². The molecule has 3 aliphatic carbocycles. The third-order valence-corrected chi connectivity index (χ3v) is 13.9. The third-order valence-electron chi connectivity index (χ3n) is 13.9. The topological polar surface area (TPSA) is 3.24 Å². The van der Waals surface area contributed by atoms with Crippen LogP contribution in [0.2, 0.25) is 0 Å². The van der Waals surface area contributed by atoms with Crippen LogP contribution in [0.4, 0.5) is 17.1 Å². The Hall–Kier alpha value is -6.44. The van der Waals surface area contributed by atoms with Gasteiger partial charge in [-0.2, -0.15) is 0 Å². The van der Waals surface area contributed by atoms with E-state index < -0.39 is 0 Å². The van der Waals surface area contributed by atoms with E-state index in [0.29, 0.717) is 0 Å². The van der Waals surface area contributed by atoms with Gasteiger partial charge in [-0.1, -0.05) is 187 Å². The Morgan fingerprint density at radius 2 is 0.707 bits per heavy atom. The molecule has 0 fully saturated rings. The van der Waals surface area contributed by atoms with Gasteiger partial charge in [0, 0.05) is 33.1 Å². The minimum absolute atomic E-state index is 0.0925. The molecule has 0 aliphatic heterocycles. The standard InChI is InChI=1S/C57H47N/c1-55(2)48-26-14-9-22-45(48)54-44(23-17-27-49(54)55)43-21-11-16-29-53(43)58(37-31-33-42-40-20-8-13-25-47(40)57(5,6)51(42)35-37)52-28-15-10-18-38(52)36-30-32-41-39-19-7-12-24-46(39)56(3,4)50(41)34-36/h7-35H,1-6H3. The van der Waals surface area contributed by atoms with Crippen LogP contribution < -0.4 is 4.90 Å². The summed E-state index contributed by atoms with van der Waals surface area (Å²) in [5.74, 6) is 0. The molecule has 0 bridgehead atoms. The molecule has 0 saturated carbocycles. The number of benzene rings is 8. The van der Waals surface area contributed by atoms with E-state index in [1.54, 1.807) is 0 Å². The molecule has 8 aromatic carbocycles. The minimum atomic E-state index is -0.136. The van der Waals surface area contributed by atoms with E-state index in [1.165, 1.54) is 89.0 Å². The number of fused-ring (bicyclic) bond motifs is 9. The zero-order valence-corrected chi connectivity index (χ0v) is 34.2. The number of anilines is 3. The van der Waals surface area contributed by atoms with E-state index in [4.69, 9.17) is 0 Å². The van der Waals surface area contributed by atoms with Gasteiger partial charge in [-0.05, 0) is 108 Å². The molecule has 0 saturated heterocycles. The van der Waals surface area contributed by atoms with Gasteiger partial charge in [-0.15, -0.1) is 0 Å². The number of rotatable bonds is 5. The van der Waals surface area contributed by atoms with Gasteiger partial charge in [0.2, 0.25) is 0 Å². The lowest BCUT2D eigenvalue weighted by Gasteiger charge is -2.32. The molecule has 1 nitrogen and oxygen atoms in total. The molecule has 1 heteroatoms. The number of hydrogen-bond donors (Lipinski definition) is 0. The Labute approximate surface area is 343 Å². The lowest BCUT2D eigenvalue weighted by atomic mass is 9.81. The molecule has 0 amide bonds. The highest BCUT2D eigenvalue weighted by molar-refractivity contribution is 6.00. The third kappa shape index (κ3) is 4.77. The highest BCUT2D eigenvalue weighted by Crippen LogP contribution is 2.56. The molecule has 280 valence electrons. The van der Waals surface area contributed by atoms with Crippen molar-refractivity contribution in [3.05, 3.63) is 209 Å². The number of hydrogen-bond acceptors (Lipinski definition) is 1. The van der Waals surface area contributed by atoms with Crippen molar-refractivity contribution in [3.8, 4) is 55.6 Å². The number of nitrogens with zero attached hydrogens (tertiary/aromatic N) is 1. The van der Waals surface area contributed by atoms with Gasteiger partial charge >= 0.3 is 0 Å². The minimum Gasteiger partial charge on any atom is -0.309 e. The van der Waals surface area contributed by atoms with Gasteiger partial charge in [-0.25, -0.2) is 0 Å². The van der Waals surface area contributed by atoms with Crippen LogP contribution in [0.1, 0.15) is 74.9 Å². The maximum Gasteiger partial charge on any atom is 0.0540 e. The first-order valence-electron chi connectivity index (χ1n) is 20.8. The Kier molecular flexibility index (Phi) is 7.36. The fourth-order valence-electron chi connectivity index (χ4n) is 10.9. The molecule has 0 N–H and O–H groups in total. The molecular formula is C57H47N. The fourth-order valence-corrected chi connectivity index (χ4v) is 10.9. The maximum atomic E-state index is 2.54. The van der Waals surface area contributed by atoms with Crippen molar-refractivity contribution in [3.63, 3.8) is 0 Å². The van der Waals surface area contributed by atoms with E-state index >= 15 is 0 Å². The fraction of sp³-hybridized carbons (Fsp3) is 0.158. The lowest BCUT2D eigenvalue weighted by molar-refractivity contribution is 0.660. The Morgan fingerprint density at radius 3 is 1.34 bits per heavy atom. The van der Waals surface area contributed by atoms with Gasteiger partial charge in [0.15, 0.2) is 0 Å². The van der Waals surface area contributed by atoms with Crippen LogP contribution in [-0.2, 0) is 16.2 Å². The van der Waals surface area contributed by atoms with Crippen LogP contribution in [0.25, 0.3) is 55.6 Å². The van der Waals surface area contributed by atoms with E-state index in [-0.39, 0.29) is 16.2 Å². The summed E-state index contributed by atoms with van der Waals surface area (Å²) in [4.78, 5) is 2.54. The van der Waals surface area contributed by atoms with Crippen LogP contribution in [-0.4, -0.2) is 0 Å². The van der Waals surface area contributed by atoms with Crippen molar-refractivity contribution in [2.45, 2.75) is 57.8 Å². The molecule has 0 aromatic heterocycles. The molecular weight excluding hydrogens is 699 g/mol. The Morgan fingerprint density at radius 1 is 0.293 bits per heavy atom. The molecule has 0 heterocycles. The quantitative estimate of drug-likeness (QED) is 0.170. The molecule has 0 atom stereocenters. The van der Waals surface area contributed by atoms with Crippen molar-refractivity contribution in [1.29, 1.82) is 0 Å². The summed E-state index contributed by atoms with van der Waals surface area (Å²) in [6, 6.07) is 66.2. The Balaban J connectivity index is 1.16. The van der Waals surface area contributed by atoms with Crippen LogP contribution in [0.5, 0.6) is 0 Å². The van der Waals surface area contributed by atoms with Crippen LogP contribution in [0.3, 0.4) is 0 Å². The average Bonchev–Trinajstić information content (AvgIpc) is 3.74. The van der Waals surface area contributed by atoms with Crippen molar-refractivity contribution >= 4 is 17.1 Å². The second kappa shape index (κ2) is 12.3. The largest absolute Gasteiger partial charge is 0.309 e. The van der Waals surface area contributed by atoms with Gasteiger partial charge in [-0.3, -0.25) is 0 Å². The van der Waals surface area contributed by atoms with Crippen molar-refractivity contribution in [1.82, 2.24) is 0 Å². The molecule has 11 rings (SSSR count). The summed E-state index contributed by atoms with van der Waals surface area (Å²) in [7, 11) is 0. The second-order valence-electron chi connectivity index (χ2n) is 18.1. The molecule has 0 unspecified atom stereocenters. The van der Waals surface area contributed by atoms with E-state index in [2.05, 4.69) is 222 Å². The Bertz CT molecular complexity index is 2990. The van der Waals surface area contributed by atoms with Gasteiger partial charge in [0.05, 0.1) is 11.4 Å². The van der Waals surface area contributed by atoms with E-state index in [0.717, 1.165) is 17.1 Å². The molecule has 3 aliphatic rings. The molecule has 0 spiro atoms. The summed E-state index contributed by atoms with van der Waals surface area (Å²) in [6.45, 7) is 14.2. The summed E-state index contributed by atoms with van der Waals surface area (Å²) < 4.78 is 0. The first-order valence-corrected chi connectivity index (χ1v) is 20.8. The van der Waals surface area contributed by atoms with Crippen LogP contribution in [0.15, 0.2) is 176 Å². The normalized spacial score (nSPS) is 15.5. The average molecular weight is 746 g/mol. The molecule has 58 heavy (non-hydrogen) atoms. The van der Waals surface area contributed by atoms with Crippen LogP contribution in [0, 0.1) is 0 Å². The second-order valence-corrected chi connectivity index (χ2v) is 18.1. The predicted molar refractivity (Wildman–Crippen MR) is 245 cm³/mol. The zero-order chi connectivity index (χ0) is 39.6. The molecule has 0 radical (unpaired) electrons. The summed E-state index contributed by atoms with van der Waals surface area (Å²) >= 11 is 0. The monoisotopic (exact) mass is 745 g/mol. The van der Waals surface area contributed by atoms with Crippen molar-refractivity contribution in [2.75, 3.05) is 4.90 Å². The maximum absolute atomic E-state index is 2.54. The first kappa shape index (κ1) is 34.8. The summed E-state index contributed by atoms with van der Waals surface area (Å²) in [5, 5.41) is 0. The lowest BCUT2D eigenvalue weighted by Crippen LogP contribution is -2.17. The highest BCUT2D eigenvalue weighted by Gasteiger charge is 2.39. The molecule has 8 aromatic rings. The van der Waals surface area contributed by atoms with Crippen LogP contribution >= 0.6 is 0 Å². The van der Waals surface area contributed by atoms with Gasteiger partial charge < -0.3 is 4.90 Å². The van der Waals surface area contributed by atoms with Crippen molar-refractivity contribution in [2.24, 2.45) is 0 Å².